The second-order valence-electron chi connectivity index (χ2n) is 7.27. The predicted molar refractivity (Wildman–Crippen MR) is 102 cm³/mol. The summed E-state index contributed by atoms with van der Waals surface area (Å²) in [4.78, 5) is 14.4. The molecule has 25 heavy (non-hydrogen) atoms. The molecule has 1 heterocycles. The number of carbonyl (C=O) groups is 1. The van der Waals surface area contributed by atoms with Crippen LogP contribution in [0.25, 0.3) is 0 Å². The monoisotopic (exact) mass is 358 g/mol. The zero-order valence-electron chi connectivity index (χ0n) is 14.8. The number of hydrogen-bond donors (Lipinski definition) is 1. The maximum atomic E-state index is 12.2. The van der Waals surface area contributed by atoms with Crippen molar-refractivity contribution in [3.63, 3.8) is 0 Å². The van der Waals surface area contributed by atoms with Crippen LogP contribution in [0.5, 0.6) is 0 Å². The van der Waals surface area contributed by atoms with Gasteiger partial charge >= 0.3 is 6.09 Å². The molecule has 0 radical (unpaired) electrons. The minimum absolute atomic E-state index is 0.0382. The van der Waals surface area contributed by atoms with Crippen molar-refractivity contribution in [2.75, 3.05) is 11.4 Å². The number of nitrogens with one attached hydrogen (secondary N) is 1. The third-order valence-corrected chi connectivity index (χ3v) is 4.23. The summed E-state index contributed by atoms with van der Waals surface area (Å²) in [5.74, 6) is 0. The van der Waals surface area contributed by atoms with E-state index in [1.54, 1.807) is 0 Å². The summed E-state index contributed by atoms with van der Waals surface area (Å²) in [5, 5.41) is 3.69. The average molecular weight is 359 g/mol. The highest BCUT2D eigenvalue weighted by Gasteiger charge is 2.28. The lowest BCUT2D eigenvalue weighted by atomic mass is 9.97. The molecular formula is C20H23ClN2O2. The molecule has 1 atom stereocenters. The summed E-state index contributed by atoms with van der Waals surface area (Å²) < 4.78 is 5.40. The van der Waals surface area contributed by atoms with E-state index in [9.17, 15) is 4.79 Å². The van der Waals surface area contributed by atoms with E-state index in [1.807, 2.05) is 57.2 Å². The quantitative estimate of drug-likeness (QED) is 0.827. The summed E-state index contributed by atoms with van der Waals surface area (Å²) in [7, 11) is 0. The first-order valence-electron chi connectivity index (χ1n) is 8.42. The number of hydrogen-bond acceptors (Lipinski definition) is 3. The zero-order valence-corrected chi connectivity index (χ0v) is 15.5. The molecule has 2 aromatic carbocycles. The standard InChI is InChI=1S/C20H23ClN2O2/c1-20(2,3)25-19(24)22-16-11-14-7-4-5-10-18(14)23(13-16)17-9-6-8-15(21)12-17/h4-10,12,16H,11,13H2,1-3H3,(H,22,24). The molecule has 0 saturated heterocycles. The fourth-order valence-electron chi connectivity index (χ4n) is 3.05. The number of amides is 1. The summed E-state index contributed by atoms with van der Waals surface area (Å²) in [5.41, 5.74) is 2.83. The Hall–Kier alpha value is -2.20. The highest BCUT2D eigenvalue weighted by atomic mass is 35.5. The van der Waals surface area contributed by atoms with Gasteiger partial charge in [-0.25, -0.2) is 4.79 Å². The van der Waals surface area contributed by atoms with Crippen LogP contribution in [-0.4, -0.2) is 24.3 Å². The van der Waals surface area contributed by atoms with Crippen LogP contribution in [0.4, 0.5) is 16.2 Å². The number of carbonyl (C=O) groups excluding carboxylic acids is 1. The first-order valence-corrected chi connectivity index (χ1v) is 8.80. The Morgan fingerprint density at radius 3 is 2.68 bits per heavy atom. The Labute approximate surface area is 153 Å². The number of nitrogens with zero attached hydrogens (tertiary/aromatic N) is 1. The highest BCUT2D eigenvalue weighted by Crippen LogP contribution is 2.34. The number of ether oxygens (including phenoxy) is 1. The van der Waals surface area contributed by atoms with Gasteiger partial charge < -0.3 is 15.0 Å². The molecule has 0 spiro atoms. The molecule has 0 bridgehead atoms. The van der Waals surface area contributed by atoms with Gasteiger partial charge in [0, 0.05) is 22.9 Å². The van der Waals surface area contributed by atoms with Gasteiger partial charge in [0.05, 0.1) is 6.04 Å². The van der Waals surface area contributed by atoms with Crippen molar-refractivity contribution in [2.45, 2.75) is 38.8 Å². The van der Waals surface area contributed by atoms with Crippen LogP contribution in [0.1, 0.15) is 26.3 Å². The van der Waals surface area contributed by atoms with Gasteiger partial charge in [-0.1, -0.05) is 35.9 Å². The Bertz CT molecular complexity index is 770. The average Bonchev–Trinajstić information content (AvgIpc) is 2.52. The molecule has 4 nitrogen and oxygen atoms in total. The van der Waals surface area contributed by atoms with Crippen molar-refractivity contribution in [1.82, 2.24) is 5.32 Å². The lowest BCUT2D eigenvalue weighted by Gasteiger charge is -2.36. The maximum Gasteiger partial charge on any atom is 0.407 e. The van der Waals surface area contributed by atoms with Crippen molar-refractivity contribution < 1.29 is 9.53 Å². The molecule has 0 fully saturated rings. The van der Waals surface area contributed by atoms with E-state index in [-0.39, 0.29) is 12.1 Å². The Balaban J connectivity index is 1.85. The molecule has 0 saturated carbocycles. The Morgan fingerprint density at radius 2 is 1.96 bits per heavy atom. The van der Waals surface area contributed by atoms with Gasteiger partial charge in [-0.05, 0) is 57.0 Å². The molecule has 2 aromatic rings. The SMILES string of the molecule is CC(C)(C)OC(=O)NC1Cc2ccccc2N(c2cccc(Cl)c2)C1. The Kier molecular flexibility index (Phi) is 4.91. The van der Waals surface area contributed by atoms with Gasteiger partial charge in [-0.3, -0.25) is 0 Å². The minimum Gasteiger partial charge on any atom is -0.444 e. The van der Waals surface area contributed by atoms with Crippen molar-refractivity contribution in [3.05, 3.63) is 59.1 Å². The second kappa shape index (κ2) is 6.96. The van der Waals surface area contributed by atoms with Crippen molar-refractivity contribution in [1.29, 1.82) is 0 Å². The van der Waals surface area contributed by atoms with Gasteiger partial charge in [0.1, 0.15) is 5.60 Å². The van der Waals surface area contributed by atoms with E-state index in [1.165, 1.54) is 5.56 Å². The largest absolute Gasteiger partial charge is 0.444 e. The smallest absolute Gasteiger partial charge is 0.407 e. The van der Waals surface area contributed by atoms with Crippen LogP contribution in [0.3, 0.4) is 0 Å². The van der Waals surface area contributed by atoms with Gasteiger partial charge in [-0.15, -0.1) is 0 Å². The molecule has 3 rings (SSSR count). The van der Waals surface area contributed by atoms with Crippen LogP contribution in [0.2, 0.25) is 5.02 Å². The number of rotatable bonds is 2. The van der Waals surface area contributed by atoms with Crippen molar-refractivity contribution in [2.24, 2.45) is 0 Å². The molecule has 1 unspecified atom stereocenters. The first kappa shape index (κ1) is 17.6. The predicted octanol–water partition coefficient (Wildman–Crippen LogP) is 4.93. The van der Waals surface area contributed by atoms with E-state index in [0.29, 0.717) is 11.6 Å². The van der Waals surface area contributed by atoms with Crippen LogP contribution < -0.4 is 10.2 Å². The summed E-state index contributed by atoms with van der Waals surface area (Å²) in [6.45, 7) is 6.25. The summed E-state index contributed by atoms with van der Waals surface area (Å²) >= 11 is 6.17. The maximum absolute atomic E-state index is 12.2. The van der Waals surface area contributed by atoms with Crippen LogP contribution in [0.15, 0.2) is 48.5 Å². The Morgan fingerprint density at radius 1 is 1.20 bits per heavy atom. The van der Waals surface area contributed by atoms with E-state index >= 15 is 0 Å². The van der Waals surface area contributed by atoms with E-state index in [0.717, 1.165) is 17.8 Å². The van der Waals surface area contributed by atoms with E-state index in [4.69, 9.17) is 16.3 Å². The van der Waals surface area contributed by atoms with Crippen LogP contribution >= 0.6 is 11.6 Å². The molecule has 1 aliphatic rings. The van der Waals surface area contributed by atoms with Crippen LogP contribution in [-0.2, 0) is 11.2 Å². The zero-order chi connectivity index (χ0) is 18.0. The lowest BCUT2D eigenvalue weighted by molar-refractivity contribution is 0.0505. The summed E-state index contributed by atoms with van der Waals surface area (Å²) in [6, 6.07) is 16.0. The third kappa shape index (κ3) is 4.45. The van der Waals surface area contributed by atoms with Gasteiger partial charge in [0.15, 0.2) is 0 Å². The number of alkyl carbamates (subject to hydrolysis) is 1. The molecular weight excluding hydrogens is 336 g/mol. The fourth-order valence-corrected chi connectivity index (χ4v) is 3.24. The minimum atomic E-state index is -0.511. The number of fused-ring (bicyclic) bond motifs is 1. The molecule has 0 aromatic heterocycles. The molecule has 132 valence electrons. The lowest BCUT2D eigenvalue weighted by Crippen LogP contribution is -2.48. The third-order valence-electron chi connectivity index (χ3n) is 3.99. The topological polar surface area (TPSA) is 41.6 Å². The van der Waals surface area contributed by atoms with Crippen molar-refractivity contribution >= 4 is 29.1 Å². The number of halogens is 1. The fraction of sp³-hybridized carbons (Fsp3) is 0.350. The molecule has 0 aliphatic carbocycles. The number of anilines is 2. The number of benzene rings is 2. The summed E-state index contributed by atoms with van der Waals surface area (Å²) in [6.07, 6.45) is 0.384. The molecule has 1 amide bonds. The van der Waals surface area contributed by atoms with E-state index in [2.05, 4.69) is 22.3 Å². The molecule has 1 N–H and O–H groups in total. The molecule has 1 aliphatic heterocycles. The molecule has 5 heteroatoms. The second-order valence-corrected chi connectivity index (χ2v) is 7.70. The highest BCUT2D eigenvalue weighted by molar-refractivity contribution is 6.30. The van der Waals surface area contributed by atoms with Gasteiger partial charge in [0.25, 0.3) is 0 Å². The van der Waals surface area contributed by atoms with Gasteiger partial charge in [0.2, 0.25) is 0 Å². The van der Waals surface area contributed by atoms with Crippen molar-refractivity contribution in [3.8, 4) is 0 Å². The normalized spacial score (nSPS) is 17.0. The van der Waals surface area contributed by atoms with E-state index < -0.39 is 5.60 Å². The van der Waals surface area contributed by atoms with Crippen LogP contribution in [0, 0.1) is 0 Å². The number of para-hydroxylation sites is 1. The first-order chi connectivity index (χ1) is 11.8. The van der Waals surface area contributed by atoms with Gasteiger partial charge in [-0.2, -0.15) is 0 Å².